The zero-order valence-corrected chi connectivity index (χ0v) is 12.9. The number of rotatable bonds is 4. The number of hydrogen-bond donors (Lipinski definition) is 3. The number of dihydropyridines is 1. The summed E-state index contributed by atoms with van der Waals surface area (Å²) in [6, 6.07) is 0.0481. The van der Waals surface area contributed by atoms with Crippen LogP contribution in [-0.2, 0) is 0 Å². The van der Waals surface area contributed by atoms with Gasteiger partial charge in [-0.05, 0) is 27.4 Å². The van der Waals surface area contributed by atoms with Crippen LogP contribution in [0.1, 0.15) is 36.1 Å². The van der Waals surface area contributed by atoms with Crippen molar-refractivity contribution in [1.82, 2.24) is 15.2 Å². The average Bonchev–Trinajstić information content (AvgIpc) is 2.43. The van der Waals surface area contributed by atoms with E-state index in [0.29, 0.717) is 12.1 Å². The van der Waals surface area contributed by atoms with Gasteiger partial charge < -0.3 is 15.3 Å². The lowest BCUT2D eigenvalue weighted by Crippen LogP contribution is -2.24. The molecule has 2 heterocycles. The first-order valence-corrected chi connectivity index (χ1v) is 7.11. The van der Waals surface area contributed by atoms with Crippen molar-refractivity contribution in [2.75, 3.05) is 20.6 Å². The number of pyridine rings is 1. The van der Waals surface area contributed by atoms with Crippen LogP contribution in [-0.4, -0.2) is 35.6 Å². The van der Waals surface area contributed by atoms with Gasteiger partial charge in [-0.2, -0.15) is 0 Å². The third-order valence-corrected chi connectivity index (χ3v) is 3.86. The van der Waals surface area contributed by atoms with E-state index in [1.54, 1.807) is 6.20 Å². The van der Waals surface area contributed by atoms with Crippen LogP contribution in [0.5, 0.6) is 5.88 Å². The molecule has 0 aliphatic carbocycles. The van der Waals surface area contributed by atoms with Crippen molar-refractivity contribution in [3.05, 3.63) is 45.4 Å². The Bertz CT molecular complexity index is 642. The highest BCUT2D eigenvalue weighted by Gasteiger charge is 2.28. The van der Waals surface area contributed by atoms with Crippen LogP contribution in [0.3, 0.4) is 0 Å². The lowest BCUT2D eigenvalue weighted by Gasteiger charge is -2.25. The van der Waals surface area contributed by atoms with Gasteiger partial charge >= 0.3 is 5.56 Å². The van der Waals surface area contributed by atoms with E-state index in [1.807, 2.05) is 32.0 Å². The number of nitrogens with one attached hydrogen (secondary N) is 2. The summed E-state index contributed by atoms with van der Waals surface area (Å²) in [4.78, 5) is 16.9. The molecule has 0 bridgehead atoms. The molecule has 1 unspecified atom stereocenters. The summed E-state index contributed by atoms with van der Waals surface area (Å²) in [5, 5.41) is 13.2. The van der Waals surface area contributed by atoms with E-state index < -0.39 is 0 Å². The van der Waals surface area contributed by atoms with Gasteiger partial charge in [0.25, 0.3) is 0 Å². The summed E-state index contributed by atoms with van der Waals surface area (Å²) in [6.07, 6.45) is 7.54. The first kappa shape index (κ1) is 15.3. The molecule has 0 saturated heterocycles. The molecule has 0 saturated carbocycles. The van der Waals surface area contributed by atoms with Crippen molar-refractivity contribution in [3.63, 3.8) is 0 Å². The maximum absolute atomic E-state index is 12.2. The van der Waals surface area contributed by atoms with Crippen LogP contribution >= 0.6 is 0 Å². The van der Waals surface area contributed by atoms with Gasteiger partial charge in [0.05, 0.1) is 18.7 Å². The zero-order chi connectivity index (χ0) is 15.6. The van der Waals surface area contributed by atoms with Gasteiger partial charge in [-0.25, -0.2) is 0 Å². The standard InChI is InChI=1S/C16H21N3O2/c1-5-12(19(3)4)14-10(2)13(15(20)18-16(14)21)11-6-8-17-9-7-11/h6,9,12,17H,5,8H2,1-4H3,(H-,18,20,21)/p+1. The molecule has 5 heteroatoms. The van der Waals surface area contributed by atoms with Gasteiger partial charge in [0.1, 0.15) is 6.20 Å². The van der Waals surface area contributed by atoms with E-state index >= 15 is 0 Å². The first-order chi connectivity index (χ1) is 9.97. The summed E-state index contributed by atoms with van der Waals surface area (Å²) in [7, 11) is 3.93. The van der Waals surface area contributed by atoms with Crippen LogP contribution in [0, 0.1) is 13.0 Å². The second-order valence-corrected chi connectivity index (χ2v) is 5.42. The largest absolute Gasteiger partial charge is 0.494 e. The summed E-state index contributed by atoms with van der Waals surface area (Å²) in [5.74, 6) is -0.0414. The highest BCUT2D eigenvalue weighted by atomic mass is 16.3. The summed E-state index contributed by atoms with van der Waals surface area (Å²) >= 11 is 0. The number of hydrogen-bond acceptors (Lipinski definition) is 4. The number of aromatic amines is 1. The molecule has 2 rings (SSSR count). The lowest BCUT2D eigenvalue weighted by atomic mass is 9.92. The fourth-order valence-corrected chi connectivity index (χ4v) is 2.86. The van der Waals surface area contributed by atoms with Crippen molar-refractivity contribution in [2.45, 2.75) is 26.3 Å². The Kier molecular flexibility index (Phi) is 4.46. The molecule has 1 aliphatic heterocycles. The van der Waals surface area contributed by atoms with E-state index in [4.69, 9.17) is 0 Å². The second-order valence-electron chi connectivity index (χ2n) is 5.42. The molecule has 1 atom stereocenters. The molecule has 0 spiro atoms. The Morgan fingerprint density at radius 1 is 1.48 bits per heavy atom. The second kappa shape index (κ2) is 6.12. The topological polar surface area (TPSA) is 68.4 Å². The van der Waals surface area contributed by atoms with Crippen molar-refractivity contribution in [2.24, 2.45) is 0 Å². The Morgan fingerprint density at radius 3 is 2.71 bits per heavy atom. The predicted molar refractivity (Wildman–Crippen MR) is 84.0 cm³/mol. The van der Waals surface area contributed by atoms with Crippen molar-refractivity contribution in [1.29, 1.82) is 0 Å². The molecule has 21 heavy (non-hydrogen) atoms. The fourth-order valence-electron chi connectivity index (χ4n) is 2.86. The molecule has 0 aromatic carbocycles. The Hall–Kier alpha value is -2.10. The molecule has 1 aromatic rings. The first-order valence-electron chi connectivity index (χ1n) is 7.11. The van der Waals surface area contributed by atoms with Gasteiger partial charge in [0.2, 0.25) is 5.57 Å². The molecule has 3 N–H and O–H groups in total. The number of aromatic hydroxyl groups is 1. The molecule has 1 aliphatic rings. The average molecular weight is 288 g/mol. The van der Waals surface area contributed by atoms with Crippen LogP contribution in [0.25, 0.3) is 5.57 Å². The molecular formula is C16H22N3O2+. The lowest BCUT2D eigenvalue weighted by molar-refractivity contribution is 0.280. The minimum absolute atomic E-state index is 0.0414. The van der Waals surface area contributed by atoms with Gasteiger partial charge in [0, 0.05) is 17.2 Å². The van der Waals surface area contributed by atoms with Crippen molar-refractivity contribution >= 4 is 5.57 Å². The third-order valence-electron chi connectivity index (χ3n) is 3.86. The monoisotopic (exact) mass is 288 g/mol. The SMILES string of the molecule is CCC(c1c(O)[nH]c(=O)c(C2=CCNC=[C+]2)c1C)N(C)C. The zero-order valence-electron chi connectivity index (χ0n) is 12.9. The van der Waals surface area contributed by atoms with Crippen molar-refractivity contribution < 1.29 is 5.11 Å². The van der Waals surface area contributed by atoms with Gasteiger partial charge in [0.15, 0.2) is 11.4 Å². The van der Waals surface area contributed by atoms with Crippen LogP contribution in [0.4, 0.5) is 0 Å². The predicted octanol–water partition coefficient (Wildman–Crippen LogP) is 1.71. The van der Waals surface area contributed by atoms with E-state index in [2.05, 4.69) is 23.3 Å². The maximum atomic E-state index is 12.2. The molecule has 0 amide bonds. The minimum Gasteiger partial charge on any atom is -0.494 e. The van der Waals surface area contributed by atoms with Gasteiger partial charge in [-0.3, -0.25) is 9.78 Å². The Labute approximate surface area is 125 Å². The highest BCUT2D eigenvalue weighted by molar-refractivity contribution is 5.74. The van der Waals surface area contributed by atoms with E-state index in [9.17, 15) is 9.90 Å². The maximum Gasteiger partial charge on any atom is 0.316 e. The number of H-pyrrole nitrogens is 1. The molecule has 5 nitrogen and oxygen atoms in total. The summed E-state index contributed by atoms with van der Waals surface area (Å²) < 4.78 is 0. The van der Waals surface area contributed by atoms with Crippen LogP contribution in [0.2, 0.25) is 0 Å². The smallest absolute Gasteiger partial charge is 0.316 e. The summed E-state index contributed by atoms with van der Waals surface area (Å²) in [5.41, 5.74) is 2.66. The quantitative estimate of drug-likeness (QED) is 0.738. The molecular weight excluding hydrogens is 266 g/mol. The fraction of sp³-hybridized carbons (Fsp3) is 0.438. The van der Waals surface area contributed by atoms with Gasteiger partial charge in [-0.15, -0.1) is 0 Å². The van der Waals surface area contributed by atoms with E-state index in [-0.39, 0.29) is 17.5 Å². The molecule has 1 aromatic heterocycles. The Balaban J connectivity index is 2.65. The van der Waals surface area contributed by atoms with Crippen molar-refractivity contribution in [3.8, 4) is 5.88 Å². The molecule has 0 fully saturated rings. The normalized spacial score (nSPS) is 15.4. The van der Waals surface area contributed by atoms with Gasteiger partial charge in [-0.1, -0.05) is 6.92 Å². The molecule has 112 valence electrons. The summed E-state index contributed by atoms with van der Waals surface area (Å²) in [6.45, 7) is 4.61. The van der Waals surface area contributed by atoms with Crippen LogP contribution in [0.15, 0.2) is 17.1 Å². The molecule has 0 radical (unpaired) electrons. The number of nitrogens with zero attached hydrogens (tertiary/aromatic N) is 1. The number of allylic oxidation sites excluding steroid dienone is 2. The number of aromatic nitrogens is 1. The van der Waals surface area contributed by atoms with Crippen LogP contribution < -0.4 is 10.9 Å². The van der Waals surface area contributed by atoms with E-state index in [0.717, 1.165) is 23.1 Å². The third kappa shape index (κ3) is 2.84. The highest BCUT2D eigenvalue weighted by Crippen LogP contribution is 2.33. The van der Waals surface area contributed by atoms with E-state index in [1.165, 1.54) is 0 Å². The Morgan fingerprint density at radius 2 is 2.19 bits per heavy atom. The minimum atomic E-state index is -0.281.